The molecule has 2 atom stereocenters. The number of halogens is 4. The summed E-state index contributed by atoms with van der Waals surface area (Å²) >= 11 is 6.00. The Kier molecular flexibility index (Phi) is 8.71. The van der Waals surface area contributed by atoms with Crippen LogP contribution in [-0.4, -0.2) is 59.4 Å². The van der Waals surface area contributed by atoms with Gasteiger partial charge in [-0.1, -0.05) is 17.7 Å². The number of pyridine rings is 2. The summed E-state index contributed by atoms with van der Waals surface area (Å²) < 4.78 is 55.2. The third-order valence-electron chi connectivity index (χ3n) is 8.58. The normalized spacial score (nSPS) is 18.1. The molecule has 0 bridgehead atoms. The molecule has 3 heterocycles. The fourth-order valence-electron chi connectivity index (χ4n) is 5.41. The van der Waals surface area contributed by atoms with Gasteiger partial charge in [0.2, 0.25) is 11.9 Å². The molecule has 1 aliphatic carbocycles. The van der Waals surface area contributed by atoms with Gasteiger partial charge in [-0.05, 0) is 56.2 Å². The van der Waals surface area contributed by atoms with E-state index in [0.717, 1.165) is 25.0 Å². The Hall–Kier alpha value is -5.21. The number of aliphatic hydroxyl groups is 1. The van der Waals surface area contributed by atoms with Gasteiger partial charge in [0.1, 0.15) is 40.8 Å². The van der Waals surface area contributed by atoms with Gasteiger partial charge >= 0.3 is 0 Å². The van der Waals surface area contributed by atoms with Gasteiger partial charge < -0.3 is 31.4 Å². The zero-order chi connectivity index (χ0) is 35.2. The topological polar surface area (TPSA) is 175 Å². The minimum absolute atomic E-state index is 0.0698. The number of aromatic nitrogens is 2. The van der Waals surface area contributed by atoms with Crippen molar-refractivity contribution in [3.05, 3.63) is 99.2 Å². The van der Waals surface area contributed by atoms with Crippen LogP contribution in [0.25, 0.3) is 11.3 Å². The Morgan fingerprint density at radius 3 is 2.59 bits per heavy atom. The van der Waals surface area contributed by atoms with Crippen LogP contribution in [0, 0.1) is 17.6 Å². The highest BCUT2D eigenvalue weighted by Crippen LogP contribution is 2.47. The minimum Gasteiger partial charge on any atom is -0.495 e. The average molecular weight is 695 g/mol. The van der Waals surface area contributed by atoms with Crippen LogP contribution in [-0.2, 0) is 15.8 Å². The van der Waals surface area contributed by atoms with Gasteiger partial charge in [-0.25, -0.2) is 18.7 Å². The summed E-state index contributed by atoms with van der Waals surface area (Å²) in [4.78, 5) is 39.1. The molecule has 2 aromatic carbocycles. The molecule has 0 spiro atoms. The Morgan fingerprint density at radius 1 is 1.16 bits per heavy atom. The highest BCUT2D eigenvalue weighted by atomic mass is 35.5. The highest BCUT2D eigenvalue weighted by Gasteiger charge is 2.46. The first-order chi connectivity index (χ1) is 23.2. The van der Waals surface area contributed by atoms with E-state index < -0.39 is 52.0 Å². The summed E-state index contributed by atoms with van der Waals surface area (Å²) in [6.07, 6.45) is 3.46. The summed E-state index contributed by atoms with van der Waals surface area (Å²) in [5.41, 5.74) is 7.77. The first-order valence-electron chi connectivity index (χ1n) is 15.0. The zero-order valence-corrected chi connectivity index (χ0v) is 26.9. The van der Waals surface area contributed by atoms with Crippen LogP contribution in [0.3, 0.4) is 0 Å². The molecule has 1 saturated carbocycles. The second-order valence-corrected chi connectivity index (χ2v) is 12.5. The van der Waals surface area contributed by atoms with Gasteiger partial charge in [0.25, 0.3) is 5.91 Å². The predicted molar refractivity (Wildman–Crippen MR) is 174 cm³/mol. The number of fused-ring (bicyclic) bond motifs is 1. The fourth-order valence-corrected chi connectivity index (χ4v) is 5.58. The lowest BCUT2D eigenvalue weighted by Crippen LogP contribution is -2.44. The number of methoxy groups -OCH3 is 1. The van der Waals surface area contributed by atoms with Gasteiger partial charge in [0.05, 0.1) is 41.8 Å². The van der Waals surface area contributed by atoms with Crippen molar-refractivity contribution < 1.29 is 37.3 Å². The highest BCUT2D eigenvalue weighted by molar-refractivity contribution is 6.31. The molecule has 49 heavy (non-hydrogen) atoms. The number of nitrogen functional groups attached to an aromatic ring is 1. The van der Waals surface area contributed by atoms with Crippen LogP contribution >= 0.6 is 11.6 Å². The third-order valence-corrected chi connectivity index (χ3v) is 8.87. The number of benzene rings is 2. The second kappa shape index (κ2) is 12.7. The van der Waals surface area contributed by atoms with E-state index in [4.69, 9.17) is 32.5 Å². The SMILES string of the molecule is COc1cc(C(=O)NC[C@@](O)(c2cccc(F)n2)c2cc3c(c(-c4cc(Cl)c(F)cc4F)n2)OC[C@]3(C)C(N)=O)cc(C=NC2CC2)c1N. The zero-order valence-electron chi connectivity index (χ0n) is 26.2. The average Bonchev–Trinajstić information content (AvgIpc) is 3.85. The number of nitrogens with one attached hydrogen (secondary N) is 1. The molecule has 6 N–H and O–H groups in total. The van der Waals surface area contributed by atoms with Gasteiger partial charge in [-0.3, -0.25) is 14.6 Å². The lowest BCUT2D eigenvalue weighted by molar-refractivity contribution is -0.123. The number of nitrogens with zero attached hydrogens (tertiary/aromatic N) is 3. The van der Waals surface area contributed by atoms with E-state index >= 15 is 4.39 Å². The quantitative estimate of drug-likeness (QED) is 0.0827. The molecule has 0 saturated heterocycles. The minimum atomic E-state index is -2.42. The number of anilines is 1. The van der Waals surface area contributed by atoms with E-state index in [1.165, 1.54) is 44.4 Å². The molecular formula is C34H30ClF3N6O5. The predicted octanol–water partition coefficient (Wildman–Crippen LogP) is 4.19. The molecule has 1 aliphatic heterocycles. The van der Waals surface area contributed by atoms with Crippen molar-refractivity contribution >= 4 is 35.3 Å². The first-order valence-corrected chi connectivity index (χ1v) is 15.4. The van der Waals surface area contributed by atoms with E-state index in [1.54, 1.807) is 6.21 Å². The number of primary amides is 1. The van der Waals surface area contributed by atoms with Gasteiger partial charge in [0, 0.05) is 34.5 Å². The lowest BCUT2D eigenvalue weighted by Gasteiger charge is -2.29. The molecule has 0 unspecified atom stereocenters. The van der Waals surface area contributed by atoms with Crippen LogP contribution in [0.4, 0.5) is 18.9 Å². The number of hydrogen-bond donors (Lipinski definition) is 4. The molecule has 0 radical (unpaired) electrons. The largest absolute Gasteiger partial charge is 0.495 e. The number of nitrogens with two attached hydrogens (primary N) is 2. The Balaban J connectivity index is 1.48. The summed E-state index contributed by atoms with van der Waals surface area (Å²) in [7, 11) is 1.39. The maximum Gasteiger partial charge on any atom is 0.251 e. The standard InChI is InChI=1S/C34H30ClF3N6O5/c1-33(32(40)46)15-49-30-20(33)11-26(44-29(30)19-10-21(35)23(37)12-22(19)36)34(47,25-4-3-5-27(38)43-25)14-42-31(45)16-8-17(13-41-18-6-7-18)28(39)24(9-16)48-2/h3-5,8-13,18,47H,6-7,14-15,39H2,1-2H3,(H2,40,46)(H,42,45)/t33-,34+/m0/s1. The third kappa shape index (κ3) is 6.24. The number of carbonyl (C=O) groups is 2. The van der Waals surface area contributed by atoms with Crippen molar-refractivity contribution in [2.24, 2.45) is 10.7 Å². The van der Waals surface area contributed by atoms with Crippen LogP contribution in [0.2, 0.25) is 5.02 Å². The van der Waals surface area contributed by atoms with Crippen molar-refractivity contribution in [3.8, 4) is 22.8 Å². The van der Waals surface area contributed by atoms with Gasteiger partial charge in [0.15, 0.2) is 5.60 Å². The number of carbonyl (C=O) groups excluding carboxylic acids is 2. The van der Waals surface area contributed by atoms with Crippen LogP contribution in [0.1, 0.15) is 52.6 Å². The number of ether oxygens (including phenoxy) is 2. The number of hydrogen-bond acceptors (Lipinski definition) is 9. The van der Waals surface area contributed by atoms with Crippen molar-refractivity contribution in [2.75, 3.05) is 26.0 Å². The summed E-state index contributed by atoms with van der Waals surface area (Å²) in [5.74, 6) is -4.45. The van der Waals surface area contributed by atoms with Gasteiger partial charge in [-0.2, -0.15) is 4.39 Å². The fraction of sp³-hybridized carbons (Fsp3) is 0.265. The van der Waals surface area contributed by atoms with Gasteiger partial charge in [-0.15, -0.1) is 0 Å². The molecule has 4 aromatic rings. The van der Waals surface area contributed by atoms with Crippen molar-refractivity contribution in [1.82, 2.24) is 15.3 Å². The molecule has 254 valence electrons. The molecule has 2 aliphatic rings. The number of amides is 2. The molecule has 6 rings (SSSR count). The summed E-state index contributed by atoms with van der Waals surface area (Å²) in [5, 5.41) is 14.6. The van der Waals surface area contributed by atoms with Crippen molar-refractivity contribution in [2.45, 2.75) is 36.8 Å². The van der Waals surface area contributed by atoms with E-state index in [1.807, 2.05) is 0 Å². The molecule has 15 heteroatoms. The molecule has 1 fully saturated rings. The molecule has 11 nitrogen and oxygen atoms in total. The Bertz CT molecular complexity index is 2040. The maximum atomic E-state index is 15.3. The molecular weight excluding hydrogens is 665 g/mol. The molecule has 2 amide bonds. The Morgan fingerprint density at radius 2 is 1.92 bits per heavy atom. The lowest BCUT2D eigenvalue weighted by atomic mass is 9.81. The molecule has 2 aromatic heterocycles. The first kappa shape index (κ1) is 33.7. The van der Waals surface area contributed by atoms with Crippen molar-refractivity contribution in [1.29, 1.82) is 0 Å². The van der Waals surface area contributed by atoms with Crippen LogP contribution in [0.5, 0.6) is 11.5 Å². The summed E-state index contributed by atoms with van der Waals surface area (Å²) in [6, 6.07) is 9.52. The van der Waals surface area contributed by atoms with Crippen molar-refractivity contribution in [3.63, 3.8) is 0 Å². The second-order valence-electron chi connectivity index (χ2n) is 12.0. The van der Waals surface area contributed by atoms with Crippen LogP contribution in [0.15, 0.2) is 53.5 Å². The monoisotopic (exact) mass is 694 g/mol. The van der Waals surface area contributed by atoms with E-state index in [2.05, 4.69) is 20.3 Å². The van der Waals surface area contributed by atoms with Crippen LogP contribution < -0.4 is 26.3 Å². The maximum absolute atomic E-state index is 15.3. The van der Waals surface area contributed by atoms with E-state index in [-0.39, 0.29) is 63.6 Å². The summed E-state index contributed by atoms with van der Waals surface area (Å²) in [6.45, 7) is 0.542. The smallest absolute Gasteiger partial charge is 0.251 e. The number of aliphatic imine (C=N–C) groups is 1. The number of rotatable bonds is 10. The van der Waals surface area contributed by atoms with E-state index in [0.29, 0.717) is 11.6 Å². The van der Waals surface area contributed by atoms with E-state index in [9.17, 15) is 23.5 Å². The Labute approximate surface area is 283 Å².